The predicted molar refractivity (Wildman–Crippen MR) is 100 cm³/mol. The maximum Gasteiger partial charge on any atom is 0.433 e. The predicted octanol–water partition coefficient (Wildman–Crippen LogP) is 6.40. The van der Waals surface area contributed by atoms with Crippen molar-refractivity contribution in [1.82, 2.24) is 9.97 Å². The molecule has 28 heavy (non-hydrogen) atoms. The van der Waals surface area contributed by atoms with Crippen LogP contribution in [0.1, 0.15) is 11.3 Å². The summed E-state index contributed by atoms with van der Waals surface area (Å²) in [4.78, 5) is 8.11. The van der Waals surface area contributed by atoms with Crippen LogP contribution in [0.15, 0.2) is 77.6 Å². The van der Waals surface area contributed by atoms with Gasteiger partial charge in [0.05, 0.1) is 18.2 Å². The first-order valence-electron chi connectivity index (χ1n) is 8.56. The number of aromatic nitrogens is 2. The Labute approximate surface area is 159 Å². The molecule has 0 N–H and O–H groups in total. The summed E-state index contributed by atoms with van der Waals surface area (Å²) in [7, 11) is 0. The molecule has 0 amide bonds. The summed E-state index contributed by atoms with van der Waals surface area (Å²) < 4.78 is 45.1. The fourth-order valence-electron chi connectivity index (χ4n) is 2.94. The van der Waals surface area contributed by atoms with Crippen LogP contribution >= 0.6 is 0 Å². The molecule has 0 aliphatic carbocycles. The first-order valence-corrected chi connectivity index (χ1v) is 8.56. The van der Waals surface area contributed by atoms with E-state index in [9.17, 15) is 13.2 Å². The van der Waals surface area contributed by atoms with E-state index in [1.165, 1.54) is 12.5 Å². The molecular formula is C22H15F3N2O. The summed E-state index contributed by atoms with van der Waals surface area (Å²) in [5.74, 6) is 0.0144. The second kappa shape index (κ2) is 6.96. The second-order valence-corrected chi connectivity index (χ2v) is 6.42. The molecule has 3 nitrogen and oxygen atoms in total. The number of alkyl halides is 3. The normalized spacial score (nSPS) is 11.6. The third-order valence-corrected chi connectivity index (χ3v) is 4.31. The molecule has 0 bridgehead atoms. The summed E-state index contributed by atoms with van der Waals surface area (Å²) in [5, 5.41) is 0. The molecule has 6 heteroatoms. The minimum Gasteiger partial charge on any atom is -0.472 e. The van der Waals surface area contributed by atoms with E-state index in [1.807, 2.05) is 37.3 Å². The molecule has 0 unspecified atom stereocenters. The molecule has 4 rings (SSSR count). The van der Waals surface area contributed by atoms with Gasteiger partial charge in [0.15, 0.2) is 5.82 Å². The molecule has 0 atom stereocenters. The third-order valence-electron chi connectivity index (χ3n) is 4.31. The van der Waals surface area contributed by atoms with Crippen LogP contribution in [0.3, 0.4) is 0 Å². The number of benzene rings is 2. The van der Waals surface area contributed by atoms with E-state index >= 15 is 0 Å². The second-order valence-electron chi connectivity index (χ2n) is 6.42. The van der Waals surface area contributed by atoms with E-state index in [0.717, 1.165) is 22.8 Å². The Bertz CT molecular complexity index is 1120. The lowest BCUT2D eigenvalue weighted by Crippen LogP contribution is -2.10. The van der Waals surface area contributed by atoms with Gasteiger partial charge in [-0.3, -0.25) is 0 Å². The fraction of sp³-hybridized carbons (Fsp3) is 0.0909. The maximum absolute atomic E-state index is 13.4. The van der Waals surface area contributed by atoms with Crippen molar-refractivity contribution in [3.63, 3.8) is 0 Å². The maximum atomic E-state index is 13.4. The quantitative estimate of drug-likeness (QED) is 0.413. The molecule has 0 saturated heterocycles. The highest BCUT2D eigenvalue weighted by atomic mass is 19.4. The zero-order valence-corrected chi connectivity index (χ0v) is 14.9. The highest BCUT2D eigenvalue weighted by Gasteiger charge is 2.34. The van der Waals surface area contributed by atoms with Crippen LogP contribution in [0.5, 0.6) is 0 Å². The van der Waals surface area contributed by atoms with Gasteiger partial charge in [-0.05, 0) is 36.2 Å². The molecule has 2 aromatic heterocycles. The van der Waals surface area contributed by atoms with Gasteiger partial charge in [0.2, 0.25) is 0 Å². The Morgan fingerprint density at radius 1 is 0.786 bits per heavy atom. The molecular weight excluding hydrogens is 365 g/mol. The zero-order valence-electron chi connectivity index (χ0n) is 14.9. The number of aryl methyl sites for hydroxylation is 1. The fourth-order valence-corrected chi connectivity index (χ4v) is 2.94. The number of rotatable bonds is 3. The summed E-state index contributed by atoms with van der Waals surface area (Å²) in [5.41, 5.74) is 3.09. The van der Waals surface area contributed by atoms with Crippen molar-refractivity contribution in [3.05, 3.63) is 84.4 Å². The first kappa shape index (κ1) is 18.0. The van der Waals surface area contributed by atoms with Gasteiger partial charge in [0.25, 0.3) is 0 Å². The van der Waals surface area contributed by atoms with Crippen LogP contribution in [0.2, 0.25) is 0 Å². The van der Waals surface area contributed by atoms with E-state index in [-0.39, 0.29) is 11.5 Å². The van der Waals surface area contributed by atoms with Gasteiger partial charge in [0, 0.05) is 11.1 Å². The molecule has 0 aliphatic heterocycles. The van der Waals surface area contributed by atoms with E-state index in [1.54, 1.807) is 24.3 Å². The van der Waals surface area contributed by atoms with Crippen LogP contribution in [0, 0.1) is 6.92 Å². The van der Waals surface area contributed by atoms with Gasteiger partial charge in [-0.2, -0.15) is 13.2 Å². The van der Waals surface area contributed by atoms with Crippen molar-refractivity contribution in [2.45, 2.75) is 13.1 Å². The number of hydrogen-bond acceptors (Lipinski definition) is 3. The first-order chi connectivity index (χ1) is 13.4. The van der Waals surface area contributed by atoms with Crippen molar-refractivity contribution in [1.29, 1.82) is 0 Å². The SMILES string of the molecule is Cc1cccc(-c2cccc(-c3nc(-c4ccoc4)cc(C(F)(F)F)n3)c2)c1. The highest BCUT2D eigenvalue weighted by Crippen LogP contribution is 2.33. The average molecular weight is 380 g/mol. The largest absolute Gasteiger partial charge is 0.472 e. The van der Waals surface area contributed by atoms with Gasteiger partial charge >= 0.3 is 6.18 Å². The van der Waals surface area contributed by atoms with Gasteiger partial charge in [-0.15, -0.1) is 0 Å². The topological polar surface area (TPSA) is 38.9 Å². The molecule has 140 valence electrons. The molecule has 0 fully saturated rings. The van der Waals surface area contributed by atoms with Crippen LogP contribution in [0.25, 0.3) is 33.8 Å². The molecule has 4 aromatic rings. The third kappa shape index (κ3) is 3.67. The molecule has 0 saturated carbocycles. The van der Waals surface area contributed by atoms with Gasteiger partial charge in [-0.1, -0.05) is 48.0 Å². The van der Waals surface area contributed by atoms with Crippen molar-refractivity contribution < 1.29 is 17.6 Å². The van der Waals surface area contributed by atoms with Crippen molar-refractivity contribution in [2.24, 2.45) is 0 Å². The number of hydrogen-bond donors (Lipinski definition) is 0. The average Bonchev–Trinajstić information content (AvgIpc) is 3.22. The van der Waals surface area contributed by atoms with Crippen LogP contribution in [-0.2, 0) is 6.18 Å². The van der Waals surface area contributed by atoms with E-state index < -0.39 is 11.9 Å². The van der Waals surface area contributed by atoms with Crippen molar-refractivity contribution in [3.8, 4) is 33.8 Å². The minimum atomic E-state index is -4.58. The standard InChI is InChI=1S/C22H15F3N2O/c1-14-4-2-5-15(10-14)16-6-3-7-17(11-16)21-26-19(18-8-9-28-13-18)12-20(27-21)22(23,24)25/h2-13H,1H3. The zero-order chi connectivity index (χ0) is 19.7. The van der Waals surface area contributed by atoms with Gasteiger partial charge in [0.1, 0.15) is 5.69 Å². The summed E-state index contributed by atoms with van der Waals surface area (Å²) in [6.45, 7) is 1.99. The number of furan rings is 1. The number of nitrogens with zero attached hydrogens (tertiary/aromatic N) is 2. The lowest BCUT2D eigenvalue weighted by Gasteiger charge is -2.11. The minimum absolute atomic E-state index is 0.0144. The Balaban J connectivity index is 1.85. The van der Waals surface area contributed by atoms with Gasteiger partial charge < -0.3 is 4.42 Å². The van der Waals surface area contributed by atoms with Crippen LogP contribution in [-0.4, -0.2) is 9.97 Å². The molecule has 0 spiro atoms. The number of halogens is 3. The van der Waals surface area contributed by atoms with Gasteiger partial charge in [-0.25, -0.2) is 9.97 Å². The lowest BCUT2D eigenvalue weighted by molar-refractivity contribution is -0.141. The smallest absolute Gasteiger partial charge is 0.433 e. The van der Waals surface area contributed by atoms with Crippen molar-refractivity contribution in [2.75, 3.05) is 0 Å². The molecule has 0 radical (unpaired) electrons. The molecule has 2 heterocycles. The Morgan fingerprint density at radius 2 is 1.50 bits per heavy atom. The Hall–Kier alpha value is -3.41. The lowest BCUT2D eigenvalue weighted by atomic mass is 10.0. The Morgan fingerprint density at radius 3 is 2.18 bits per heavy atom. The van der Waals surface area contributed by atoms with E-state index in [2.05, 4.69) is 9.97 Å². The summed E-state index contributed by atoms with van der Waals surface area (Å²) in [6.07, 6.45) is -1.83. The molecule has 2 aromatic carbocycles. The Kier molecular flexibility index (Phi) is 4.47. The molecule has 0 aliphatic rings. The summed E-state index contributed by atoms with van der Waals surface area (Å²) >= 11 is 0. The van der Waals surface area contributed by atoms with E-state index in [0.29, 0.717) is 11.1 Å². The van der Waals surface area contributed by atoms with Crippen LogP contribution < -0.4 is 0 Å². The van der Waals surface area contributed by atoms with Crippen molar-refractivity contribution >= 4 is 0 Å². The summed E-state index contributed by atoms with van der Waals surface area (Å²) in [6, 6.07) is 17.6. The van der Waals surface area contributed by atoms with E-state index in [4.69, 9.17) is 4.42 Å². The monoisotopic (exact) mass is 380 g/mol. The van der Waals surface area contributed by atoms with Crippen LogP contribution in [0.4, 0.5) is 13.2 Å². The highest BCUT2D eigenvalue weighted by molar-refractivity contribution is 5.71.